The molecule has 0 atom stereocenters. The highest BCUT2D eigenvalue weighted by Gasteiger charge is 1.99. The second-order valence-electron chi connectivity index (χ2n) is 1.75. The minimum atomic E-state index is -0.322. The third-order valence-corrected chi connectivity index (χ3v) is 2.24. The molecule has 0 aromatic carbocycles. The Bertz CT molecular complexity index is 239. The molecule has 0 aliphatic carbocycles. The van der Waals surface area contributed by atoms with Crippen LogP contribution in [0.4, 0.5) is 4.39 Å². The molecule has 0 radical (unpaired) electrons. The van der Waals surface area contributed by atoms with Crippen LogP contribution in [0.2, 0.25) is 0 Å². The minimum absolute atomic E-state index is 0.261. The summed E-state index contributed by atoms with van der Waals surface area (Å²) in [6.07, 6.45) is 1.61. The normalized spacial score (nSPS) is 9.90. The van der Waals surface area contributed by atoms with Crippen molar-refractivity contribution in [2.45, 2.75) is 5.33 Å². The quantitative estimate of drug-likeness (QED) is 0.564. The van der Waals surface area contributed by atoms with E-state index in [2.05, 4.69) is 36.8 Å². The van der Waals surface area contributed by atoms with E-state index in [1.165, 1.54) is 6.07 Å². The van der Waals surface area contributed by atoms with Crippen molar-refractivity contribution in [3.63, 3.8) is 0 Å². The maximum Gasteiger partial charge on any atom is 0.156 e. The second-order valence-corrected chi connectivity index (χ2v) is 3.06. The highest BCUT2D eigenvalue weighted by molar-refractivity contribution is 9.10. The summed E-state index contributed by atoms with van der Waals surface area (Å²) >= 11 is 6.15. The molecule has 0 fully saturated rings. The van der Waals surface area contributed by atoms with Gasteiger partial charge in [-0.05, 0) is 27.6 Å². The van der Waals surface area contributed by atoms with Crippen LogP contribution in [0.5, 0.6) is 0 Å². The summed E-state index contributed by atoms with van der Waals surface area (Å²) in [6.45, 7) is 0. The maximum absolute atomic E-state index is 12.6. The van der Waals surface area contributed by atoms with Gasteiger partial charge in [0.25, 0.3) is 0 Å². The summed E-state index contributed by atoms with van der Waals surface area (Å²) in [6, 6.07) is 1.44. The van der Waals surface area contributed by atoms with Gasteiger partial charge in [0.2, 0.25) is 0 Å². The molecule has 0 spiro atoms. The topological polar surface area (TPSA) is 12.9 Å². The zero-order valence-electron chi connectivity index (χ0n) is 4.94. The molecule has 0 N–H and O–H groups in total. The van der Waals surface area contributed by atoms with Crippen LogP contribution in [0.3, 0.4) is 0 Å². The average molecular weight is 269 g/mol. The number of aromatic nitrogens is 1. The number of hydrogen-bond donors (Lipinski definition) is 0. The summed E-state index contributed by atoms with van der Waals surface area (Å²) in [5, 5.41) is 0.629. The van der Waals surface area contributed by atoms with E-state index in [0.717, 1.165) is 5.56 Å². The van der Waals surface area contributed by atoms with Gasteiger partial charge in [0.05, 0.1) is 0 Å². The second kappa shape index (κ2) is 3.44. The molecule has 54 valence electrons. The first kappa shape index (κ1) is 8.14. The molecule has 0 unspecified atom stereocenters. The van der Waals surface area contributed by atoms with E-state index in [4.69, 9.17) is 0 Å². The Morgan fingerprint density at radius 1 is 1.60 bits per heavy atom. The molecule has 10 heavy (non-hydrogen) atoms. The van der Waals surface area contributed by atoms with Crippen molar-refractivity contribution in [1.29, 1.82) is 0 Å². The van der Waals surface area contributed by atoms with Crippen molar-refractivity contribution >= 4 is 31.9 Å². The maximum atomic E-state index is 12.6. The molecule has 0 saturated heterocycles. The van der Waals surface area contributed by atoms with Gasteiger partial charge >= 0.3 is 0 Å². The van der Waals surface area contributed by atoms with Gasteiger partial charge in [0.1, 0.15) is 4.60 Å². The Morgan fingerprint density at radius 3 is 2.80 bits per heavy atom. The first-order valence-corrected chi connectivity index (χ1v) is 4.51. The average Bonchev–Trinajstić information content (AvgIpc) is 1.95. The van der Waals surface area contributed by atoms with E-state index >= 15 is 0 Å². The predicted octanol–water partition coefficient (Wildman–Crippen LogP) is 2.88. The lowest BCUT2D eigenvalue weighted by Gasteiger charge is -1.95. The van der Waals surface area contributed by atoms with Crippen LogP contribution in [-0.4, -0.2) is 4.98 Å². The van der Waals surface area contributed by atoms with Gasteiger partial charge in [-0.3, -0.25) is 0 Å². The number of alkyl halides is 1. The Hall–Kier alpha value is 0.0400. The monoisotopic (exact) mass is 267 g/mol. The molecule has 0 aliphatic heterocycles. The highest BCUT2D eigenvalue weighted by atomic mass is 79.9. The summed E-state index contributed by atoms with van der Waals surface area (Å²) in [7, 11) is 0. The van der Waals surface area contributed by atoms with Crippen molar-refractivity contribution in [3.8, 4) is 0 Å². The molecule has 0 amide bonds. The SMILES string of the molecule is Fc1cc(CBr)cnc1Br. The Labute approximate surface area is 74.9 Å². The van der Waals surface area contributed by atoms with Crippen LogP contribution in [0.1, 0.15) is 5.56 Å². The van der Waals surface area contributed by atoms with Gasteiger partial charge in [0.15, 0.2) is 5.82 Å². The van der Waals surface area contributed by atoms with Crippen LogP contribution >= 0.6 is 31.9 Å². The van der Waals surface area contributed by atoms with Crippen LogP contribution in [-0.2, 0) is 5.33 Å². The Morgan fingerprint density at radius 2 is 2.30 bits per heavy atom. The molecule has 1 rings (SSSR count). The van der Waals surface area contributed by atoms with Gasteiger partial charge in [-0.2, -0.15) is 0 Å². The van der Waals surface area contributed by atoms with Crippen LogP contribution < -0.4 is 0 Å². The summed E-state index contributed by atoms with van der Waals surface area (Å²) < 4.78 is 12.9. The highest BCUT2D eigenvalue weighted by Crippen LogP contribution is 2.14. The number of pyridine rings is 1. The van der Waals surface area contributed by atoms with Gasteiger partial charge in [-0.15, -0.1) is 0 Å². The standard InChI is InChI=1S/C6H4Br2FN/c7-2-4-1-5(9)6(8)10-3-4/h1,3H,2H2. The van der Waals surface area contributed by atoms with Crippen molar-refractivity contribution in [2.75, 3.05) is 0 Å². The lowest BCUT2D eigenvalue weighted by Crippen LogP contribution is -1.85. The van der Waals surface area contributed by atoms with E-state index in [0.29, 0.717) is 5.33 Å². The number of nitrogens with zero attached hydrogens (tertiary/aromatic N) is 1. The van der Waals surface area contributed by atoms with E-state index < -0.39 is 0 Å². The molecule has 0 saturated carbocycles. The van der Waals surface area contributed by atoms with Crippen molar-refractivity contribution < 1.29 is 4.39 Å². The lowest BCUT2D eigenvalue weighted by atomic mass is 10.3. The van der Waals surface area contributed by atoms with Gasteiger partial charge < -0.3 is 0 Å². The molecule has 1 aromatic heterocycles. The summed E-state index contributed by atoms with van der Waals surface area (Å²) in [5.41, 5.74) is 0.834. The molecular formula is C6H4Br2FN. The molecular weight excluding hydrogens is 265 g/mol. The van der Waals surface area contributed by atoms with Crippen LogP contribution in [0.15, 0.2) is 16.9 Å². The van der Waals surface area contributed by atoms with Gasteiger partial charge in [0, 0.05) is 11.5 Å². The lowest BCUT2D eigenvalue weighted by molar-refractivity contribution is 0.611. The smallest absolute Gasteiger partial charge is 0.156 e. The number of rotatable bonds is 1. The third-order valence-electron chi connectivity index (χ3n) is 1.01. The van der Waals surface area contributed by atoms with Crippen molar-refractivity contribution in [2.24, 2.45) is 0 Å². The Balaban J connectivity index is 3.04. The molecule has 1 nitrogen and oxygen atoms in total. The third kappa shape index (κ3) is 1.76. The van der Waals surface area contributed by atoms with E-state index in [1.807, 2.05) is 0 Å². The summed E-state index contributed by atoms with van der Waals surface area (Å²) in [5.74, 6) is -0.322. The first-order valence-electron chi connectivity index (χ1n) is 2.60. The van der Waals surface area contributed by atoms with E-state index in [-0.39, 0.29) is 10.4 Å². The molecule has 1 heterocycles. The van der Waals surface area contributed by atoms with Crippen molar-refractivity contribution in [3.05, 3.63) is 28.2 Å². The predicted molar refractivity (Wildman–Crippen MR) is 44.5 cm³/mol. The summed E-state index contributed by atoms with van der Waals surface area (Å²) in [4.78, 5) is 3.76. The van der Waals surface area contributed by atoms with Gasteiger partial charge in [-0.1, -0.05) is 15.9 Å². The van der Waals surface area contributed by atoms with E-state index in [9.17, 15) is 4.39 Å². The molecule has 1 aromatic rings. The van der Waals surface area contributed by atoms with Crippen LogP contribution in [0.25, 0.3) is 0 Å². The van der Waals surface area contributed by atoms with E-state index in [1.54, 1.807) is 6.20 Å². The van der Waals surface area contributed by atoms with Crippen molar-refractivity contribution in [1.82, 2.24) is 4.98 Å². The van der Waals surface area contributed by atoms with Gasteiger partial charge in [-0.25, -0.2) is 9.37 Å². The minimum Gasteiger partial charge on any atom is -0.246 e. The Kier molecular flexibility index (Phi) is 2.80. The fourth-order valence-corrected chi connectivity index (χ4v) is 1.06. The molecule has 0 bridgehead atoms. The van der Waals surface area contributed by atoms with Crippen LogP contribution in [0, 0.1) is 5.82 Å². The number of halogens is 3. The fourth-order valence-electron chi connectivity index (χ4n) is 0.534. The fraction of sp³-hybridized carbons (Fsp3) is 0.167. The zero-order valence-corrected chi connectivity index (χ0v) is 8.11. The zero-order chi connectivity index (χ0) is 7.56. The number of hydrogen-bond acceptors (Lipinski definition) is 1. The first-order chi connectivity index (χ1) is 4.74. The molecule has 0 aliphatic rings. The largest absolute Gasteiger partial charge is 0.246 e. The molecule has 4 heteroatoms.